The molecule has 0 unspecified atom stereocenters. The van der Waals surface area contributed by atoms with Gasteiger partial charge in [-0.3, -0.25) is 0 Å². The van der Waals surface area contributed by atoms with Crippen LogP contribution in [0.2, 0.25) is 0 Å². The van der Waals surface area contributed by atoms with E-state index in [1.165, 1.54) is 18.2 Å². The lowest BCUT2D eigenvalue weighted by atomic mass is 10.1. The molecule has 0 fully saturated rings. The second kappa shape index (κ2) is 8.87. The van der Waals surface area contributed by atoms with E-state index >= 15 is 0 Å². The van der Waals surface area contributed by atoms with Crippen molar-refractivity contribution < 1.29 is 26.3 Å². The first-order valence-corrected chi connectivity index (χ1v) is 11.5. The summed E-state index contributed by atoms with van der Waals surface area (Å²) >= 11 is 0. The van der Waals surface area contributed by atoms with Crippen molar-refractivity contribution in [1.29, 1.82) is 0 Å². The van der Waals surface area contributed by atoms with E-state index in [2.05, 4.69) is 9.97 Å². The number of fused-ring (bicyclic) bond motifs is 1. The fourth-order valence-electron chi connectivity index (χ4n) is 3.48. The summed E-state index contributed by atoms with van der Waals surface area (Å²) < 4.78 is 65.3. The van der Waals surface area contributed by atoms with E-state index in [4.69, 9.17) is 9.88 Å². The minimum absolute atomic E-state index is 0.0479. The van der Waals surface area contributed by atoms with Gasteiger partial charge in [0.2, 0.25) is 10.0 Å². The predicted octanol–water partition coefficient (Wildman–Crippen LogP) is 4.60. The Balaban J connectivity index is 1.48. The van der Waals surface area contributed by atoms with Crippen LogP contribution in [0.15, 0.2) is 71.6 Å². The Morgan fingerprint density at radius 1 is 0.970 bits per heavy atom. The molecule has 0 atom stereocenters. The Morgan fingerprint density at radius 3 is 2.39 bits per heavy atom. The van der Waals surface area contributed by atoms with E-state index in [-0.39, 0.29) is 10.6 Å². The molecule has 0 bridgehead atoms. The minimum Gasteiger partial charge on any atom is -0.484 e. The summed E-state index contributed by atoms with van der Waals surface area (Å²) in [5.41, 5.74) is 3.61. The van der Waals surface area contributed by atoms with Gasteiger partial charge in [-0.1, -0.05) is 36.4 Å². The number of halogens is 3. The van der Waals surface area contributed by atoms with Gasteiger partial charge in [0.05, 0.1) is 15.9 Å². The maximum absolute atomic E-state index is 12.2. The molecule has 3 aromatic carbocycles. The Hall–Kier alpha value is -3.37. The van der Waals surface area contributed by atoms with Crippen LogP contribution in [0.3, 0.4) is 0 Å². The van der Waals surface area contributed by atoms with Crippen LogP contribution in [0.1, 0.15) is 11.4 Å². The van der Waals surface area contributed by atoms with Crippen molar-refractivity contribution in [3.8, 4) is 16.9 Å². The second-order valence-corrected chi connectivity index (χ2v) is 9.03. The Kier molecular flexibility index (Phi) is 6.13. The Morgan fingerprint density at radius 2 is 1.70 bits per heavy atom. The summed E-state index contributed by atoms with van der Waals surface area (Å²) in [7, 11) is -3.87. The maximum Gasteiger partial charge on any atom is 0.422 e. The number of nitrogens with zero attached hydrogens (tertiary/aromatic N) is 1. The third kappa shape index (κ3) is 5.71. The molecule has 3 N–H and O–H groups in total. The first-order valence-electron chi connectivity index (χ1n) is 9.98. The van der Waals surface area contributed by atoms with E-state index in [1.54, 1.807) is 42.5 Å². The number of sulfonamides is 1. The molecule has 33 heavy (non-hydrogen) atoms. The molecule has 10 heteroatoms. The van der Waals surface area contributed by atoms with E-state index in [0.717, 1.165) is 22.4 Å². The number of alkyl halides is 3. The quantitative estimate of drug-likeness (QED) is 0.408. The number of imidazole rings is 1. The van der Waals surface area contributed by atoms with Crippen molar-refractivity contribution in [1.82, 2.24) is 9.97 Å². The molecule has 0 spiro atoms. The normalized spacial score (nSPS) is 12.2. The molecule has 4 aromatic rings. The number of hydrogen-bond donors (Lipinski definition) is 2. The summed E-state index contributed by atoms with van der Waals surface area (Å²) in [5.74, 6) is 0.895. The first kappa shape index (κ1) is 22.8. The van der Waals surface area contributed by atoms with Crippen LogP contribution in [0.5, 0.6) is 5.75 Å². The molecule has 0 saturated heterocycles. The highest BCUT2D eigenvalue weighted by molar-refractivity contribution is 7.89. The number of nitrogens with two attached hydrogens (primary N) is 1. The standard InChI is InChI=1S/C23H20F3N3O3S/c24-23(25,26)14-32-17-9-5-15(6-10-17)7-12-22-28-19-11-8-16(13-20(19)29-22)18-3-1-2-4-21(18)33(27,30)31/h1-6,8-11,13H,7,12,14H2,(H,28,29)(H2,27,30,31). The number of H-pyrrole nitrogens is 1. The topological polar surface area (TPSA) is 98.1 Å². The van der Waals surface area contributed by atoms with Crippen LogP contribution in [0.4, 0.5) is 13.2 Å². The highest BCUT2D eigenvalue weighted by Crippen LogP contribution is 2.29. The largest absolute Gasteiger partial charge is 0.484 e. The molecule has 0 aliphatic heterocycles. The summed E-state index contributed by atoms with van der Waals surface area (Å²) in [6.45, 7) is -1.32. The smallest absolute Gasteiger partial charge is 0.422 e. The van der Waals surface area contributed by atoms with Crippen LogP contribution in [0.25, 0.3) is 22.2 Å². The highest BCUT2D eigenvalue weighted by atomic mass is 32.2. The minimum atomic E-state index is -4.37. The SMILES string of the molecule is NS(=O)(=O)c1ccccc1-c1ccc2nc(CCc3ccc(OCC(F)(F)F)cc3)[nH]c2c1. The van der Waals surface area contributed by atoms with Gasteiger partial charge in [0.15, 0.2) is 6.61 Å². The first-order chi connectivity index (χ1) is 15.6. The van der Waals surface area contributed by atoms with E-state index < -0.39 is 22.8 Å². The molecular formula is C23H20F3N3O3S. The molecule has 1 heterocycles. The highest BCUT2D eigenvalue weighted by Gasteiger charge is 2.28. The summed E-state index contributed by atoms with van der Waals surface area (Å²) in [4.78, 5) is 7.85. The van der Waals surface area contributed by atoms with Gasteiger partial charge in [-0.2, -0.15) is 13.2 Å². The van der Waals surface area contributed by atoms with Crippen molar-refractivity contribution in [3.05, 3.63) is 78.1 Å². The van der Waals surface area contributed by atoms with Crippen molar-refractivity contribution in [2.24, 2.45) is 5.14 Å². The number of nitrogens with one attached hydrogen (secondary N) is 1. The lowest BCUT2D eigenvalue weighted by molar-refractivity contribution is -0.153. The van der Waals surface area contributed by atoms with Gasteiger partial charge < -0.3 is 9.72 Å². The van der Waals surface area contributed by atoms with Crippen molar-refractivity contribution >= 4 is 21.1 Å². The van der Waals surface area contributed by atoms with Gasteiger partial charge in [0.1, 0.15) is 11.6 Å². The zero-order valence-corrected chi connectivity index (χ0v) is 18.1. The predicted molar refractivity (Wildman–Crippen MR) is 118 cm³/mol. The van der Waals surface area contributed by atoms with Crippen molar-refractivity contribution in [2.45, 2.75) is 23.9 Å². The van der Waals surface area contributed by atoms with Gasteiger partial charge in [0.25, 0.3) is 0 Å². The molecule has 0 radical (unpaired) electrons. The lowest BCUT2D eigenvalue weighted by Gasteiger charge is -2.09. The van der Waals surface area contributed by atoms with E-state index in [9.17, 15) is 21.6 Å². The van der Waals surface area contributed by atoms with Gasteiger partial charge in [-0.15, -0.1) is 0 Å². The summed E-state index contributed by atoms with van der Waals surface area (Å²) in [6, 6.07) is 18.4. The number of aryl methyl sites for hydroxylation is 2. The molecule has 6 nitrogen and oxygen atoms in total. The van der Waals surface area contributed by atoms with Gasteiger partial charge in [0, 0.05) is 12.0 Å². The van der Waals surface area contributed by atoms with Gasteiger partial charge >= 0.3 is 6.18 Å². The van der Waals surface area contributed by atoms with E-state index in [1.807, 2.05) is 6.07 Å². The molecule has 1 aromatic heterocycles. The van der Waals surface area contributed by atoms with Gasteiger partial charge in [-0.25, -0.2) is 18.5 Å². The third-order valence-corrected chi connectivity index (χ3v) is 5.98. The Labute approximate surface area is 188 Å². The fourth-order valence-corrected chi connectivity index (χ4v) is 4.24. The molecular weight excluding hydrogens is 455 g/mol. The number of hydrogen-bond acceptors (Lipinski definition) is 4. The van der Waals surface area contributed by atoms with Crippen LogP contribution in [0, 0.1) is 0 Å². The number of benzene rings is 3. The lowest BCUT2D eigenvalue weighted by Crippen LogP contribution is -2.19. The van der Waals surface area contributed by atoms with E-state index in [0.29, 0.717) is 24.0 Å². The molecule has 0 aliphatic carbocycles. The monoisotopic (exact) mass is 475 g/mol. The van der Waals surface area contributed by atoms with Crippen molar-refractivity contribution in [3.63, 3.8) is 0 Å². The number of ether oxygens (including phenoxy) is 1. The molecule has 0 amide bonds. The third-order valence-electron chi connectivity index (χ3n) is 5.01. The summed E-state index contributed by atoms with van der Waals surface area (Å²) in [5, 5.41) is 5.35. The molecule has 172 valence electrons. The zero-order valence-electron chi connectivity index (χ0n) is 17.3. The van der Waals surface area contributed by atoms with Crippen LogP contribution >= 0.6 is 0 Å². The maximum atomic E-state index is 12.2. The fraction of sp³-hybridized carbons (Fsp3) is 0.174. The Bertz CT molecular complexity index is 1380. The van der Waals surface area contributed by atoms with Crippen LogP contribution in [-0.4, -0.2) is 31.2 Å². The van der Waals surface area contributed by atoms with Crippen LogP contribution in [-0.2, 0) is 22.9 Å². The van der Waals surface area contributed by atoms with Crippen molar-refractivity contribution in [2.75, 3.05) is 6.61 Å². The van der Waals surface area contributed by atoms with Gasteiger partial charge in [-0.05, 0) is 47.9 Å². The number of aromatic amines is 1. The van der Waals surface area contributed by atoms with Crippen LogP contribution < -0.4 is 9.88 Å². The zero-order chi connectivity index (χ0) is 23.6. The molecule has 4 rings (SSSR count). The summed E-state index contributed by atoms with van der Waals surface area (Å²) in [6.07, 6.45) is -3.17. The number of primary sulfonamides is 1. The molecule has 0 saturated carbocycles. The average Bonchev–Trinajstić information content (AvgIpc) is 3.18. The number of rotatable bonds is 7. The number of aromatic nitrogens is 2. The average molecular weight is 475 g/mol. The second-order valence-electron chi connectivity index (χ2n) is 7.50. The molecule has 0 aliphatic rings.